The van der Waals surface area contributed by atoms with Crippen molar-refractivity contribution in [3.8, 4) is 16.9 Å². The van der Waals surface area contributed by atoms with E-state index in [9.17, 15) is 9.18 Å². The molecule has 0 spiro atoms. The molecule has 1 aliphatic heterocycles. The summed E-state index contributed by atoms with van der Waals surface area (Å²) in [6, 6.07) is 24.7. The lowest BCUT2D eigenvalue weighted by atomic mass is 9.90. The van der Waals surface area contributed by atoms with Crippen molar-refractivity contribution < 1.29 is 13.9 Å². The number of para-hydroxylation sites is 1. The molecule has 4 heteroatoms. The Balaban J connectivity index is 1.25. The van der Waals surface area contributed by atoms with Gasteiger partial charge in [-0.3, -0.25) is 4.79 Å². The normalized spacial score (nSPS) is 14.4. The minimum Gasteiger partial charge on any atom is -0.483 e. The van der Waals surface area contributed by atoms with E-state index in [1.165, 1.54) is 17.7 Å². The summed E-state index contributed by atoms with van der Waals surface area (Å²) < 4.78 is 19.0. The molecule has 3 aromatic carbocycles. The standard InChI is InChI=1S/C27H28FNO2/c28-24-14-12-21(13-15-24)10-11-22-16-18-29(19-17-22)27(30)20-31-26-9-5-4-8-25(26)23-6-2-1-3-7-23/h1-9,12-15,22H,10-11,16-20H2. The fourth-order valence-electron chi connectivity index (χ4n) is 4.17. The van der Waals surface area contributed by atoms with Gasteiger partial charge in [0.1, 0.15) is 11.6 Å². The van der Waals surface area contributed by atoms with Gasteiger partial charge in [0.25, 0.3) is 5.91 Å². The second-order valence-electron chi connectivity index (χ2n) is 8.14. The molecule has 3 nitrogen and oxygen atoms in total. The van der Waals surface area contributed by atoms with Crippen LogP contribution in [0.2, 0.25) is 0 Å². The van der Waals surface area contributed by atoms with Gasteiger partial charge in [-0.05, 0) is 60.9 Å². The number of hydrogen-bond donors (Lipinski definition) is 0. The number of carbonyl (C=O) groups excluding carboxylic acids is 1. The minimum absolute atomic E-state index is 0.0415. The lowest BCUT2D eigenvalue weighted by Crippen LogP contribution is -2.41. The van der Waals surface area contributed by atoms with E-state index in [0.29, 0.717) is 5.92 Å². The zero-order valence-corrected chi connectivity index (χ0v) is 17.7. The lowest BCUT2D eigenvalue weighted by molar-refractivity contribution is -0.134. The zero-order chi connectivity index (χ0) is 21.5. The summed E-state index contributed by atoms with van der Waals surface area (Å²) in [7, 11) is 0. The molecule has 1 amide bonds. The Morgan fingerprint density at radius 1 is 0.903 bits per heavy atom. The van der Waals surface area contributed by atoms with Gasteiger partial charge < -0.3 is 9.64 Å². The fraction of sp³-hybridized carbons (Fsp3) is 0.296. The van der Waals surface area contributed by atoms with Crippen LogP contribution in [0.4, 0.5) is 4.39 Å². The summed E-state index contributed by atoms with van der Waals surface area (Å²) in [5.41, 5.74) is 3.24. The van der Waals surface area contributed by atoms with Crippen LogP contribution in [-0.4, -0.2) is 30.5 Å². The third-order valence-corrected chi connectivity index (χ3v) is 6.04. The van der Waals surface area contributed by atoms with E-state index in [4.69, 9.17) is 4.74 Å². The Kier molecular flexibility index (Phi) is 6.98. The Bertz CT molecular complexity index is 980. The smallest absolute Gasteiger partial charge is 0.260 e. The van der Waals surface area contributed by atoms with E-state index in [1.807, 2.05) is 71.6 Å². The van der Waals surface area contributed by atoms with Crippen molar-refractivity contribution in [2.75, 3.05) is 19.7 Å². The van der Waals surface area contributed by atoms with E-state index in [2.05, 4.69) is 0 Å². The average Bonchev–Trinajstić information content (AvgIpc) is 2.83. The van der Waals surface area contributed by atoms with Crippen molar-refractivity contribution in [3.63, 3.8) is 0 Å². The number of halogens is 1. The number of hydrogen-bond acceptors (Lipinski definition) is 2. The molecule has 3 aromatic rings. The van der Waals surface area contributed by atoms with Crippen LogP contribution in [0.5, 0.6) is 5.75 Å². The molecule has 160 valence electrons. The number of carbonyl (C=O) groups is 1. The lowest BCUT2D eigenvalue weighted by Gasteiger charge is -2.32. The summed E-state index contributed by atoms with van der Waals surface area (Å²) in [5, 5.41) is 0. The number of likely N-dealkylation sites (tertiary alicyclic amines) is 1. The molecule has 31 heavy (non-hydrogen) atoms. The van der Waals surface area contributed by atoms with E-state index in [0.717, 1.165) is 55.6 Å². The van der Waals surface area contributed by atoms with Gasteiger partial charge in [0.05, 0.1) is 0 Å². The summed E-state index contributed by atoms with van der Waals surface area (Å²) >= 11 is 0. The second kappa shape index (κ2) is 10.3. The van der Waals surface area contributed by atoms with Gasteiger partial charge in [-0.2, -0.15) is 0 Å². The molecule has 0 saturated carbocycles. The predicted octanol–water partition coefficient (Wildman–Crippen LogP) is 5.74. The van der Waals surface area contributed by atoms with Crippen LogP contribution in [-0.2, 0) is 11.2 Å². The first-order chi connectivity index (χ1) is 15.2. The SMILES string of the molecule is O=C(COc1ccccc1-c1ccccc1)N1CCC(CCc2ccc(F)cc2)CC1. The van der Waals surface area contributed by atoms with Gasteiger partial charge in [-0.1, -0.05) is 60.7 Å². The number of aryl methyl sites for hydroxylation is 1. The quantitative estimate of drug-likeness (QED) is 0.490. The highest BCUT2D eigenvalue weighted by atomic mass is 19.1. The minimum atomic E-state index is -0.191. The maximum Gasteiger partial charge on any atom is 0.260 e. The highest BCUT2D eigenvalue weighted by Gasteiger charge is 2.23. The van der Waals surface area contributed by atoms with Crippen LogP contribution in [0.25, 0.3) is 11.1 Å². The molecule has 0 aliphatic carbocycles. The van der Waals surface area contributed by atoms with E-state index in [-0.39, 0.29) is 18.3 Å². The number of amides is 1. The van der Waals surface area contributed by atoms with Crippen molar-refractivity contribution in [1.82, 2.24) is 4.90 Å². The van der Waals surface area contributed by atoms with Crippen molar-refractivity contribution in [3.05, 3.63) is 90.2 Å². The molecule has 0 unspecified atom stereocenters. The third-order valence-electron chi connectivity index (χ3n) is 6.04. The maximum absolute atomic E-state index is 13.0. The number of benzene rings is 3. The molecular formula is C27H28FNO2. The van der Waals surface area contributed by atoms with Gasteiger partial charge >= 0.3 is 0 Å². The number of piperidine rings is 1. The molecule has 1 heterocycles. The molecule has 0 radical (unpaired) electrons. The predicted molar refractivity (Wildman–Crippen MR) is 121 cm³/mol. The van der Waals surface area contributed by atoms with Crippen LogP contribution in [0, 0.1) is 11.7 Å². The highest BCUT2D eigenvalue weighted by molar-refractivity contribution is 5.78. The first-order valence-electron chi connectivity index (χ1n) is 11.0. The van der Waals surface area contributed by atoms with Crippen LogP contribution in [0.15, 0.2) is 78.9 Å². The first-order valence-corrected chi connectivity index (χ1v) is 11.0. The molecule has 0 bridgehead atoms. The number of rotatable bonds is 7. The van der Waals surface area contributed by atoms with E-state index in [1.54, 1.807) is 0 Å². The van der Waals surface area contributed by atoms with Crippen molar-refractivity contribution in [2.45, 2.75) is 25.7 Å². The Morgan fingerprint density at radius 3 is 2.32 bits per heavy atom. The number of nitrogens with zero attached hydrogens (tertiary/aromatic N) is 1. The second-order valence-corrected chi connectivity index (χ2v) is 8.14. The summed E-state index contributed by atoms with van der Waals surface area (Å²) in [5.74, 6) is 1.19. The van der Waals surface area contributed by atoms with E-state index >= 15 is 0 Å². The monoisotopic (exact) mass is 417 g/mol. The first kappa shape index (κ1) is 21.1. The number of ether oxygens (including phenoxy) is 1. The molecular weight excluding hydrogens is 389 g/mol. The Morgan fingerprint density at radius 2 is 1.58 bits per heavy atom. The van der Waals surface area contributed by atoms with Gasteiger partial charge in [-0.15, -0.1) is 0 Å². The Hall–Kier alpha value is -3.14. The molecule has 1 fully saturated rings. The molecule has 0 N–H and O–H groups in total. The highest BCUT2D eigenvalue weighted by Crippen LogP contribution is 2.29. The van der Waals surface area contributed by atoms with Crippen LogP contribution in [0.3, 0.4) is 0 Å². The van der Waals surface area contributed by atoms with Crippen LogP contribution in [0.1, 0.15) is 24.8 Å². The maximum atomic E-state index is 13.0. The summed E-state index contributed by atoms with van der Waals surface area (Å²) in [4.78, 5) is 14.6. The van der Waals surface area contributed by atoms with Crippen LogP contribution < -0.4 is 4.74 Å². The third kappa shape index (κ3) is 5.72. The molecule has 1 saturated heterocycles. The topological polar surface area (TPSA) is 29.5 Å². The Labute approximate surface area is 183 Å². The molecule has 1 aliphatic rings. The average molecular weight is 418 g/mol. The van der Waals surface area contributed by atoms with E-state index < -0.39 is 0 Å². The van der Waals surface area contributed by atoms with Gasteiger partial charge in [-0.25, -0.2) is 4.39 Å². The fourth-order valence-corrected chi connectivity index (χ4v) is 4.17. The summed E-state index contributed by atoms with van der Waals surface area (Å²) in [6.45, 7) is 1.61. The van der Waals surface area contributed by atoms with Gasteiger partial charge in [0, 0.05) is 18.7 Å². The van der Waals surface area contributed by atoms with Gasteiger partial charge in [0.2, 0.25) is 0 Å². The van der Waals surface area contributed by atoms with Crippen molar-refractivity contribution in [1.29, 1.82) is 0 Å². The molecule has 0 atom stereocenters. The molecule has 0 aromatic heterocycles. The summed E-state index contributed by atoms with van der Waals surface area (Å²) in [6.07, 6.45) is 4.05. The zero-order valence-electron chi connectivity index (χ0n) is 17.7. The molecule has 4 rings (SSSR count). The van der Waals surface area contributed by atoms with Crippen LogP contribution >= 0.6 is 0 Å². The van der Waals surface area contributed by atoms with Gasteiger partial charge in [0.15, 0.2) is 6.61 Å². The largest absolute Gasteiger partial charge is 0.483 e. The van der Waals surface area contributed by atoms with Crippen molar-refractivity contribution >= 4 is 5.91 Å². The van der Waals surface area contributed by atoms with Crippen molar-refractivity contribution in [2.24, 2.45) is 5.92 Å².